The van der Waals surface area contributed by atoms with E-state index in [0.29, 0.717) is 0 Å². The van der Waals surface area contributed by atoms with Crippen LogP contribution in [0.5, 0.6) is 0 Å². The lowest BCUT2D eigenvalue weighted by Gasteiger charge is -2.31. The first-order valence-corrected chi connectivity index (χ1v) is 23.3. The van der Waals surface area contributed by atoms with Gasteiger partial charge in [0.2, 0.25) is 0 Å². The topological polar surface area (TPSA) is 13.0 Å². The van der Waals surface area contributed by atoms with Crippen molar-refractivity contribution in [3.8, 4) is 22.3 Å². The van der Waals surface area contributed by atoms with E-state index in [-0.39, 0.29) is 0 Å². The molecule has 64 heavy (non-hydrogen) atoms. The van der Waals surface area contributed by atoms with E-state index in [0.717, 1.165) is 60.3 Å². The second-order valence-electron chi connectivity index (χ2n) is 17.4. The van der Waals surface area contributed by atoms with Crippen molar-refractivity contribution < 1.29 is 0 Å². The maximum absolute atomic E-state index is 2.54. The lowest BCUT2D eigenvalue weighted by molar-refractivity contribution is 0.578. The Kier molecular flexibility index (Phi) is 11.0. The Labute approximate surface area is 378 Å². The first-order valence-electron chi connectivity index (χ1n) is 23.3. The summed E-state index contributed by atoms with van der Waals surface area (Å²) in [4.78, 5) is 9.90. The van der Waals surface area contributed by atoms with Crippen molar-refractivity contribution in [3.05, 3.63) is 206 Å². The molecule has 0 unspecified atom stereocenters. The van der Waals surface area contributed by atoms with Gasteiger partial charge in [-0.15, -0.1) is 0 Å². The molecular weight excluding hydrogens is 777 g/mol. The molecule has 2 saturated heterocycles. The fourth-order valence-electron chi connectivity index (χ4n) is 10.3. The van der Waals surface area contributed by atoms with Gasteiger partial charge in [-0.25, -0.2) is 0 Å². The van der Waals surface area contributed by atoms with Crippen molar-refractivity contribution in [3.63, 3.8) is 0 Å². The molecule has 314 valence electrons. The van der Waals surface area contributed by atoms with E-state index in [1.165, 1.54) is 93.7 Å². The maximum atomic E-state index is 2.54. The van der Waals surface area contributed by atoms with Crippen molar-refractivity contribution in [2.24, 2.45) is 0 Å². The Morgan fingerprint density at radius 1 is 0.266 bits per heavy atom. The second-order valence-corrected chi connectivity index (χ2v) is 17.4. The third kappa shape index (κ3) is 7.75. The highest BCUT2D eigenvalue weighted by molar-refractivity contribution is 6.22. The maximum Gasteiger partial charge on any atom is 0.0468 e. The molecule has 0 aliphatic carbocycles. The number of anilines is 8. The zero-order valence-electron chi connectivity index (χ0n) is 36.5. The molecule has 2 heterocycles. The molecule has 0 radical (unpaired) electrons. The molecule has 0 N–H and O–H groups in total. The molecule has 0 atom stereocenters. The smallest absolute Gasteiger partial charge is 0.0468 e. The average molecular weight is 831 g/mol. The van der Waals surface area contributed by atoms with Crippen LogP contribution in [0.4, 0.5) is 45.5 Å². The summed E-state index contributed by atoms with van der Waals surface area (Å²) in [5.41, 5.74) is 14.3. The van der Waals surface area contributed by atoms with Crippen molar-refractivity contribution in [1.29, 1.82) is 0 Å². The number of hydrogen-bond acceptors (Lipinski definition) is 4. The van der Waals surface area contributed by atoms with Crippen LogP contribution in [-0.2, 0) is 0 Å². The van der Waals surface area contributed by atoms with Crippen molar-refractivity contribution in [1.82, 2.24) is 0 Å². The third-order valence-corrected chi connectivity index (χ3v) is 13.4. The van der Waals surface area contributed by atoms with Crippen LogP contribution >= 0.6 is 0 Å². The van der Waals surface area contributed by atoms with E-state index >= 15 is 0 Å². The first-order chi connectivity index (χ1) is 31.8. The summed E-state index contributed by atoms with van der Waals surface area (Å²) in [7, 11) is 0. The van der Waals surface area contributed by atoms with Crippen molar-refractivity contribution in [2.45, 2.75) is 38.5 Å². The number of para-hydroxylation sites is 2. The van der Waals surface area contributed by atoms with Crippen LogP contribution in [0.1, 0.15) is 38.5 Å². The largest absolute Gasteiger partial charge is 0.372 e. The molecule has 9 aromatic carbocycles. The Morgan fingerprint density at radius 2 is 0.578 bits per heavy atom. The van der Waals surface area contributed by atoms with E-state index in [2.05, 4.69) is 226 Å². The highest BCUT2D eigenvalue weighted by Gasteiger charge is 2.23. The van der Waals surface area contributed by atoms with Gasteiger partial charge in [0.25, 0.3) is 0 Å². The van der Waals surface area contributed by atoms with E-state index < -0.39 is 0 Å². The molecule has 0 aromatic heterocycles. The fraction of sp³-hybridized carbons (Fsp3) is 0.167. The van der Waals surface area contributed by atoms with E-state index in [1.807, 2.05) is 0 Å². The molecule has 4 nitrogen and oxygen atoms in total. The molecule has 2 aliphatic rings. The number of rotatable bonds is 10. The lowest BCUT2D eigenvalue weighted by atomic mass is 9.85. The van der Waals surface area contributed by atoms with Crippen LogP contribution in [-0.4, -0.2) is 26.2 Å². The summed E-state index contributed by atoms with van der Waals surface area (Å²) in [6.45, 7) is 4.52. The summed E-state index contributed by atoms with van der Waals surface area (Å²) >= 11 is 0. The third-order valence-electron chi connectivity index (χ3n) is 13.4. The van der Waals surface area contributed by atoms with Crippen LogP contribution < -0.4 is 19.6 Å². The molecule has 0 spiro atoms. The van der Waals surface area contributed by atoms with Gasteiger partial charge in [-0.3, -0.25) is 0 Å². The predicted octanol–water partition coefficient (Wildman–Crippen LogP) is 16.2. The first kappa shape index (κ1) is 39.5. The standard InChI is InChI=1S/C60H54N4/c1-7-19-45(20-8-1)59-55-37-35-54(64(50-25-13-4-14-26-50)52-33-29-48(30-34-52)62-41-17-6-18-42-62)44-58(55)60(46-21-9-2-10-22-46)56-38-36-53(43-57(56)59)63(49-23-11-3-12-24-49)51-31-27-47(28-32-51)61-39-15-5-16-40-61/h1-4,7-14,19-38,43-44H,5-6,15-18,39-42H2. The normalized spacial score (nSPS) is 14.2. The van der Waals surface area contributed by atoms with E-state index in [4.69, 9.17) is 0 Å². The highest BCUT2D eigenvalue weighted by Crippen LogP contribution is 2.48. The van der Waals surface area contributed by atoms with Gasteiger partial charge >= 0.3 is 0 Å². The van der Waals surface area contributed by atoms with E-state index in [9.17, 15) is 0 Å². The molecule has 0 amide bonds. The molecule has 0 saturated carbocycles. The minimum Gasteiger partial charge on any atom is -0.372 e. The molecule has 0 bridgehead atoms. The Morgan fingerprint density at radius 3 is 0.938 bits per heavy atom. The molecule has 2 aliphatic heterocycles. The van der Waals surface area contributed by atoms with Gasteiger partial charge in [0.15, 0.2) is 0 Å². The SMILES string of the molecule is c1ccc(-c2c3ccc(N(c4ccccc4)c4ccc(N5CCCCC5)cc4)cc3c(-c3ccccc3)c3ccc(N(c4ccccc4)c4ccc(N5CCCCC5)cc4)cc23)cc1. The summed E-state index contributed by atoms with van der Waals surface area (Å²) in [5, 5.41) is 4.90. The summed E-state index contributed by atoms with van der Waals surface area (Å²) in [6, 6.07) is 76.4. The molecular formula is C60H54N4. The number of piperidine rings is 2. The zero-order chi connectivity index (χ0) is 42.7. The summed E-state index contributed by atoms with van der Waals surface area (Å²) in [5.74, 6) is 0. The minimum atomic E-state index is 1.12. The van der Waals surface area contributed by atoms with Gasteiger partial charge < -0.3 is 19.6 Å². The monoisotopic (exact) mass is 830 g/mol. The van der Waals surface area contributed by atoms with Crippen molar-refractivity contribution in [2.75, 3.05) is 45.8 Å². The number of benzene rings is 9. The van der Waals surface area contributed by atoms with Crippen LogP contribution in [0.2, 0.25) is 0 Å². The molecule has 2 fully saturated rings. The Balaban J connectivity index is 1.12. The molecule has 9 aromatic rings. The second kappa shape index (κ2) is 17.8. The fourth-order valence-corrected chi connectivity index (χ4v) is 10.3. The number of nitrogens with zero attached hydrogens (tertiary/aromatic N) is 4. The number of hydrogen-bond donors (Lipinski definition) is 0. The Bertz CT molecular complexity index is 2770. The van der Waals surface area contributed by atoms with Gasteiger partial charge in [0.05, 0.1) is 0 Å². The van der Waals surface area contributed by atoms with Gasteiger partial charge in [0.1, 0.15) is 0 Å². The van der Waals surface area contributed by atoms with Gasteiger partial charge in [0, 0.05) is 71.7 Å². The predicted molar refractivity (Wildman–Crippen MR) is 274 cm³/mol. The van der Waals surface area contributed by atoms with Crippen molar-refractivity contribution >= 4 is 67.0 Å². The molecule has 4 heteroatoms. The summed E-state index contributed by atoms with van der Waals surface area (Å²) < 4.78 is 0. The van der Waals surface area contributed by atoms with Gasteiger partial charge in [-0.2, -0.15) is 0 Å². The number of fused-ring (bicyclic) bond motifs is 2. The average Bonchev–Trinajstić information content (AvgIpc) is 3.38. The zero-order valence-corrected chi connectivity index (χ0v) is 36.5. The highest BCUT2D eigenvalue weighted by atomic mass is 15.2. The van der Waals surface area contributed by atoms with Crippen LogP contribution in [0, 0.1) is 0 Å². The minimum absolute atomic E-state index is 1.12. The van der Waals surface area contributed by atoms with Crippen LogP contribution in [0.25, 0.3) is 43.8 Å². The van der Waals surface area contributed by atoms with Gasteiger partial charge in [-0.1, -0.05) is 109 Å². The lowest BCUT2D eigenvalue weighted by Crippen LogP contribution is -2.29. The summed E-state index contributed by atoms with van der Waals surface area (Å²) in [6.07, 6.45) is 7.70. The quantitative estimate of drug-likeness (QED) is 0.127. The van der Waals surface area contributed by atoms with Crippen LogP contribution in [0.15, 0.2) is 206 Å². The Hall–Kier alpha value is -7.30. The molecule has 11 rings (SSSR count). The van der Waals surface area contributed by atoms with Gasteiger partial charge in [-0.05, 0) is 179 Å². The van der Waals surface area contributed by atoms with Crippen LogP contribution in [0.3, 0.4) is 0 Å². The van der Waals surface area contributed by atoms with E-state index in [1.54, 1.807) is 0 Å².